The highest BCUT2D eigenvalue weighted by Gasteiger charge is 2.24. The second-order valence-corrected chi connectivity index (χ2v) is 7.69. The monoisotopic (exact) mass is 381 g/mol. The summed E-state index contributed by atoms with van der Waals surface area (Å²) in [6.07, 6.45) is 5.90. The van der Waals surface area contributed by atoms with Crippen LogP contribution in [0.3, 0.4) is 0 Å². The molecule has 1 aromatic heterocycles. The summed E-state index contributed by atoms with van der Waals surface area (Å²) in [5, 5.41) is 0.641. The first-order valence-corrected chi connectivity index (χ1v) is 9.99. The van der Waals surface area contributed by atoms with E-state index in [4.69, 9.17) is 16.6 Å². The van der Waals surface area contributed by atoms with Gasteiger partial charge in [-0.2, -0.15) is 0 Å². The van der Waals surface area contributed by atoms with Crippen LogP contribution in [0.1, 0.15) is 32.1 Å². The van der Waals surface area contributed by atoms with Crippen molar-refractivity contribution in [1.29, 1.82) is 0 Å². The highest BCUT2D eigenvalue weighted by Crippen LogP contribution is 2.30. The van der Waals surface area contributed by atoms with E-state index < -0.39 is 0 Å². The lowest BCUT2D eigenvalue weighted by Crippen LogP contribution is -2.40. The number of nitrogens with zero attached hydrogens (tertiary/aromatic N) is 3. The molecule has 0 spiro atoms. The highest BCUT2D eigenvalue weighted by atomic mass is 35.5. The predicted molar refractivity (Wildman–Crippen MR) is 110 cm³/mol. The molecule has 3 aromatic rings. The number of imidazole rings is 1. The van der Waals surface area contributed by atoms with Crippen LogP contribution in [-0.2, 0) is 11.3 Å². The Morgan fingerprint density at radius 3 is 2.59 bits per heavy atom. The molecule has 4 nitrogen and oxygen atoms in total. The van der Waals surface area contributed by atoms with Gasteiger partial charge in [0.25, 0.3) is 0 Å². The van der Waals surface area contributed by atoms with Crippen LogP contribution in [0.25, 0.3) is 22.4 Å². The van der Waals surface area contributed by atoms with E-state index in [0.29, 0.717) is 11.1 Å². The molecule has 1 fully saturated rings. The van der Waals surface area contributed by atoms with E-state index >= 15 is 0 Å². The van der Waals surface area contributed by atoms with Gasteiger partial charge in [0, 0.05) is 18.7 Å². The summed E-state index contributed by atoms with van der Waals surface area (Å²) < 4.78 is 2.00. The van der Waals surface area contributed by atoms with Gasteiger partial charge >= 0.3 is 0 Å². The summed E-state index contributed by atoms with van der Waals surface area (Å²) in [5.74, 6) is 0.866. The van der Waals surface area contributed by atoms with Crippen molar-refractivity contribution in [2.45, 2.75) is 44.7 Å². The Balaban J connectivity index is 1.71. The maximum absolute atomic E-state index is 13.1. The van der Waals surface area contributed by atoms with Gasteiger partial charge in [-0.15, -0.1) is 0 Å². The molecule has 0 radical (unpaired) electrons. The Kier molecular flexibility index (Phi) is 5.17. The second kappa shape index (κ2) is 7.73. The summed E-state index contributed by atoms with van der Waals surface area (Å²) in [5.41, 5.74) is 2.68. The number of hydrogen-bond donors (Lipinski definition) is 0. The summed E-state index contributed by atoms with van der Waals surface area (Å²) in [4.78, 5) is 19.8. The Morgan fingerprint density at radius 1 is 1.11 bits per heavy atom. The fraction of sp³-hybridized carbons (Fsp3) is 0.364. The second-order valence-electron chi connectivity index (χ2n) is 7.29. The molecule has 140 valence electrons. The average Bonchev–Trinajstić information content (AvgIpc) is 3.06. The number of halogens is 1. The van der Waals surface area contributed by atoms with Crippen LogP contribution in [-0.4, -0.2) is 33.4 Å². The zero-order valence-corrected chi connectivity index (χ0v) is 16.3. The van der Waals surface area contributed by atoms with E-state index in [9.17, 15) is 4.79 Å². The van der Waals surface area contributed by atoms with Crippen LogP contribution >= 0.6 is 11.6 Å². The zero-order valence-electron chi connectivity index (χ0n) is 15.6. The van der Waals surface area contributed by atoms with Crippen LogP contribution < -0.4 is 0 Å². The van der Waals surface area contributed by atoms with Gasteiger partial charge in [0.1, 0.15) is 12.4 Å². The summed E-state index contributed by atoms with van der Waals surface area (Å²) in [7, 11) is 1.94. The smallest absolute Gasteiger partial charge is 0.242 e. The van der Waals surface area contributed by atoms with Crippen LogP contribution in [0.5, 0.6) is 0 Å². The number of amides is 1. The summed E-state index contributed by atoms with van der Waals surface area (Å²) >= 11 is 6.43. The molecule has 1 amide bonds. The number of benzene rings is 2. The lowest BCUT2D eigenvalue weighted by molar-refractivity contribution is -0.133. The van der Waals surface area contributed by atoms with Gasteiger partial charge < -0.3 is 9.47 Å². The van der Waals surface area contributed by atoms with Crippen LogP contribution in [0, 0.1) is 0 Å². The van der Waals surface area contributed by atoms with Crippen molar-refractivity contribution in [3.8, 4) is 11.4 Å². The quantitative estimate of drug-likeness (QED) is 0.627. The van der Waals surface area contributed by atoms with E-state index in [2.05, 4.69) is 0 Å². The summed E-state index contributed by atoms with van der Waals surface area (Å²) in [6.45, 7) is 0.272. The van der Waals surface area contributed by atoms with Crippen molar-refractivity contribution < 1.29 is 4.79 Å². The van der Waals surface area contributed by atoms with Gasteiger partial charge in [-0.05, 0) is 37.1 Å². The van der Waals surface area contributed by atoms with Gasteiger partial charge in [0.05, 0.1) is 16.1 Å². The van der Waals surface area contributed by atoms with Crippen molar-refractivity contribution in [2.75, 3.05) is 7.05 Å². The molecule has 0 saturated heterocycles. The molecule has 0 aliphatic heterocycles. The van der Waals surface area contributed by atoms with E-state index in [1.54, 1.807) is 0 Å². The Morgan fingerprint density at radius 2 is 1.81 bits per heavy atom. The molecule has 2 aromatic carbocycles. The first kappa shape index (κ1) is 18.1. The molecule has 1 aliphatic rings. The number of hydrogen-bond acceptors (Lipinski definition) is 2. The number of para-hydroxylation sites is 2. The van der Waals surface area contributed by atoms with Gasteiger partial charge in [0.15, 0.2) is 0 Å². The highest BCUT2D eigenvalue weighted by molar-refractivity contribution is 6.33. The third-order valence-corrected chi connectivity index (χ3v) is 5.91. The third-order valence-electron chi connectivity index (χ3n) is 5.58. The van der Waals surface area contributed by atoms with Crippen molar-refractivity contribution >= 4 is 28.5 Å². The van der Waals surface area contributed by atoms with E-state index in [-0.39, 0.29) is 12.5 Å². The predicted octanol–water partition coefficient (Wildman–Crippen LogP) is 5.15. The van der Waals surface area contributed by atoms with Gasteiger partial charge in [-0.1, -0.05) is 55.1 Å². The minimum Gasteiger partial charge on any atom is -0.341 e. The molecule has 0 atom stereocenters. The van der Waals surface area contributed by atoms with Crippen molar-refractivity contribution in [1.82, 2.24) is 14.5 Å². The molecule has 1 heterocycles. The molecule has 0 unspecified atom stereocenters. The van der Waals surface area contributed by atoms with E-state index in [1.807, 2.05) is 65.0 Å². The fourth-order valence-electron chi connectivity index (χ4n) is 4.00. The molecule has 1 aliphatic carbocycles. The first-order valence-electron chi connectivity index (χ1n) is 9.61. The zero-order chi connectivity index (χ0) is 18.8. The van der Waals surface area contributed by atoms with Crippen molar-refractivity contribution in [2.24, 2.45) is 0 Å². The molecular formula is C22H24ClN3O. The standard InChI is InChI=1S/C22H24ClN3O/c1-25(16-9-3-2-4-10-16)21(27)15-26-20-14-8-7-13-19(20)24-22(26)17-11-5-6-12-18(17)23/h5-8,11-14,16H,2-4,9-10,15H2,1H3. The number of fused-ring (bicyclic) bond motifs is 1. The normalized spacial score (nSPS) is 15.2. The lowest BCUT2D eigenvalue weighted by atomic mass is 9.94. The maximum Gasteiger partial charge on any atom is 0.242 e. The number of carbonyl (C=O) groups excluding carboxylic acids is 1. The largest absolute Gasteiger partial charge is 0.341 e. The van der Waals surface area contributed by atoms with Gasteiger partial charge in [0.2, 0.25) is 5.91 Å². The molecule has 0 N–H and O–H groups in total. The minimum absolute atomic E-state index is 0.123. The lowest BCUT2D eigenvalue weighted by Gasteiger charge is -2.31. The number of aromatic nitrogens is 2. The molecule has 0 bridgehead atoms. The van der Waals surface area contributed by atoms with Crippen LogP contribution in [0.15, 0.2) is 48.5 Å². The number of carbonyl (C=O) groups is 1. The minimum atomic E-state index is 0.123. The van der Waals surface area contributed by atoms with Crippen molar-refractivity contribution in [3.05, 3.63) is 53.6 Å². The third kappa shape index (κ3) is 3.59. The maximum atomic E-state index is 13.1. The van der Waals surface area contributed by atoms with Crippen molar-refractivity contribution in [3.63, 3.8) is 0 Å². The molecule has 27 heavy (non-hydrogen) atoms. The fourth-order valence-corrected chi connectivity index (χ4v) is 4.22. The van der Waals surface area contributed by atoms with E-state index in [1.165, 1.54) is 19.3 Å². The molecular weight excluding hydrogens is 358 g/mol. The first-order chi connectivity index (χ1) is 13.1. The van der Waals surface area contributed by atoms with Gasteiger partial charge in [-0.3, -0.25) is 4.79 Å². The Hall–Kier alpha value is -2.33. The Labute approximate surface area is 164 Å². The Bertz CT molecular complexity index is 959. The number of likely N-dealkylation sites (N-methyl/N-ethyl adjacent to an activating group) is 1. The molecule has 1 saturated carbocycles. The topological polar surface area (TPSA) is 38.1 Å². The summed E-state index contributed by atoms with van der Waals surface area (Å²) in [6, 6.07) is 15.9. The van der Waals surface area contributed by atoms with Crippen LogP contribution in [0.4, 0.5) is 0 Å². The van der Waals surface area contributed by atoms with Gasteiger partial charge in [-0.25, -0.2) is 4.98 Å². The number of rotatable bonds is 4. The SMILES string of the molecule is CN(C(=O)Cn1c(-c2ccccc2Cl)nc2ccccc21)C1CCCCC1. The van der Waals surface area contributed by atoms with Crippen LogP contribution in [0.2, 0.25) is 5.02 Å². The van der Waals surface area contributed by atoms with E-state index in [0.717, 1.165) is 35.3 Å². The molecule has 5 heteroatoms. The average molecular weight is 382 g/mol. The molecule has 4 rings (SSSR count).